The minimum atomic E-state index is 0.149. The van der Waals surface area contributed by atoms with Gasteiger partial charge in [-0.3, -0.25) is 9.69 Å². The molecule has 0 unspecified atom stereocenters. The fourth-order valence-electron chi connectivity index (χ4n) is 3.73. The molecular weight excluding hydrogens is 324 g/mol. The average molecular weight is 350 g/mol. The van der Waals surface area contributed by atoms with Crippen LogP contribution in [0, 0.1) is 25.2 Å². The predicted octanol–water partition coefficient (Wildman–Crippen LogP) is 2.95. The average Bonchev–Trinajstić information content (AvgIpc) is 2.96. The van der Waals surface area contributed by atoms with Crippen LogP contribution in [0.25, 0.3) is 0 Å². The predicted molar refractivity (Wildman–Crippen MR) is 102 cm³/mol. The van der Waals surface area contributed by atoms with Gasteiger partial charge in [-0.1, -0.05) is 12.1 Å². The van der Waals surface area contributed by atoms with Crippen molar-refractivity contribution in [2.45, 2.75) is 33.9 Å². The molecule has 5 heteroatoms. The second kappa shape index (κ2) is 7.76. The molecule has 0 radical (unpaired) electrons. The summed E-state index contributed by atoms with van der Waals surface area (Å²) >= 11 is 0. The molecular formula is C21H26N4O. The summed E-state index contributed by atoms with van der Waals surface area (Å²) in [5.74, 6) is 0.149. The molecule has 5 nitrogen and oxygen atoms in total. The van der Waals surface area contributed by atoms with E-state index in [4.69, 9.17) is 5.26 Å². The normalized spacial score (nSPS) is 15.1. The van der Waals surface area contributed by atoms with Crippen LogP contribution < -0.4 is 0 Å². The lowest BCUT2D eigenvalue weighted by Gasteiger charge is -2.34. The molecule has 0 atom stereocenters. The Labute approximate surface area is 155 Å². The highest BCUT2D eigenvalue weighted by molar-refractivity contribution is 5.95. The number of hydrogen-bond donors (Lipinski definition) is 0. The van der Waals surface area contributed by atoms with Crippen molar-refractivity contribution in [1.82, 2.24) is 14.4 Å². The van der Waals surface area contributed by atoms with E-state index in [2.05, 4.69) is 29.4 Å². The molecule has 1 amide bonds. The van der Waals surface area contributed by atoms with E-state index in [1.54, 1.807) is 0 Å². The third-order valence-electron chi connectivity index (χ3n) is 5.27. The Morgan fingerprint density at radius 2 is 1.77 bits per heavy atom. The summed E-state index contributed by atoms with van der Waals surface area (Å²) in [4.78, 5) is 17.2. The number of nitriles is 1. The minimum absolute atomic E-state index is 0.149. The van der Waals surface area contributed by atoms with Crippen LogP contribution in [0.1, 0.15) is 39.8 Å². The van der Waals surface area contributed by atoms with E-state index < -0.39 is 0 Å². The topological polar surface area (TPSA) is 52.3 Å². The summed E-state index contributed by atoms with van der Waals surface area (Å²) < 4.78 is 2.19. The van der Waals surface area contributed by atoms with Crippen molar-refractivity contribution in [1.29, 1.82) is 5.26 Å². The second-order valence-corrected chi connectivity index (χ2v) is 6.91. The Morgan fingerprint density at radius 1 is 1.12 bits per heavy atom. The maximum Gasteiger partial charge on any atom is 0.255 e. The largest absolute Gasteiger partial charge is 0.349 e. The lowest BCUT2D eigenvalue weighted by molar-refractivity contribution is 0.0627. The number of aryl methyl sites for hydroxylation is 1. The highest BCUT2D eigenvalue weighted by Gasteiger charge is 2.25. The molecule has 0 spiro atoms. The molecule has 26 heavy (non-hydrogen) atoms. The molecule has 2 heterocycles. The van der Waals surface area contributed by atoms with Gasteiger partial charge in [0.15, 0.2) is 0 Å². The summed E-state index contributed by atoms with van der Waals surface area (Å²) in [6.07, 6.45) is 0. The molecule has 1 aliphatic heterocycles. The van der Waals surface area contributed by atoms with Gasteiger partial charge in [0, 0.05) is 50.7 Å². The zero-order chi connectivity index (χ0) is 18.7. The number of carbonyl (C=O) groups excluding carboxylic acids is 1. The fourth-order valence-corrected chi connectivity index (χ4v) is 3.73. The number of nitrogens with zero attached hydrogens (tertiary/aromatic N) is 4. The summed E-state index contributed by atoms with van der Waals surface area (Å²) in [6, 6.07) is 11.9. The molecule has 0 aliphatic carbocycles. The van der Waals surface area contributed by atoms with Crippen LogP contribution in [0.4, 0.5) is 0 Å². The van der Waals surface area contributed by atoms with Gasteiger partial charge >= 0.3 is 0 Å². The molecule has 0 saturated carbocycles. The lowest BCUT2D eigenvalue weighted by Crippen LogP contribution is -2.48. The molecule has 0 bridgehead atoms. The zero-order valence-electron chi connectivity index (χ0n) is 15.8. The number of aromatic nitrogens is 1. The summed E-state index contributed by atoms with van der Waals surface area (Å²) in [5.41, 5.74) is 4.94. The first-order valence-corrected chi connectivity index (χ1v) is 9.21. The van der Waals surface area contributed by atoms with Crippen LogP contribution in [0.15, 0.2) is 30.3 Å². The Kier molecular flexibility index (Phi) is 5.43. The number of amides is 1. The van der Waals surface area contributed by atoms with Gasteiger partial charge in [0.05, 0.1) is 17.2 Å². The van der Waals surface area contributed by atoms with Crippen molar-refractivity contribution in [3.8, 4) is 6.07 Å². The summed E-state index contributed by atoms with van der Waals surface area (Å²) in [7, 11) is 0. The van der Waals surface area contributed by atoms with E-state index in [-0.39, 0.29) is 5.91 Å². The van der Waals surface area contributed by atoms with Crippen LogP contribution in [0.2, 0.25) is 0 Å². The van der Waals surface area contributed by atoms with Crippen molar-refractivity contribution in [3.63, 3.8) is 0 Å². The molecule has 1 aromatic carbocycles. The first-order valence-electron chi connectivity index (χ1n) is 9.21. The van der Waals surface area contributed by atoms with E-state index in [0.29, 0.717) is 5.56 Å². The quantitative estimate of drug-likeness (QED) is 0.852. The Morgan fingerprint density at radius 3 is 2.31 bits per heavy atom. The highest BCUT2D eigenvalue weighted by Crippen LogP contribution is 2.18. The van der Waals surface area contributed by atoms with E-state index in [0.717, 1.165) is 56.2 Å². The summed E-state index contributed by atoms with van der Waals surface area (Å²) in [5, 5.41) is 8.88. The second-order valence-electron chi connectivity index (χ2n) is 6.91. The van der Waals surface area contributed by atoms with Gasteiger partial charge in [-0.2, -0.15) is 5.26 Å². The third-order valence-corrected chi connectivity index (χ3v) is 5.27. The van der Waals surface area contributed by atoms with Crippen LogP contribution in [0.5, 0.6) is 0 Å². The maximum atomic E-state index is 12.9. The number of piperazine rings is 1. The smallest absolute Gasteiger partial charge is 0.255 e. The molecule has 0 N–H and O–H groups in total. The van der Waals surface area contributed by atoms with E-state index in [1.165, 1.54) is 5.56 Å². The highest BCUT2D eigenvalue weighted by atomic mass is 16.2. The Balaban J connectivity index is 1.59. The first kappa shape index (κ1) is 18.2. The van der Waals surface area contributed by atoms with Crippen LogP contribution in [-0.2, 0) is 13.1 Å². The van der Waals surface area contributed by atoms with Crippen LogP contribution >= 0.6 is 0 Å². The van der Waals surface area contributed by atoms with Crippen molar-refractivity contribution in [3.05, 3.63) is 58.4 Å². The molecule has 2 aromatic rings. The number of carbonyl (C=O) groups is 1. The number of rotatable bonds is 4. The maximum absolute atomic E-state index is 12.9. The molecule has 1 aliphatic rings. The van der Waals surface area contributed by atoms with Gasteiger partial charge in [0.2, 0.25) is 0 Å². The van der Waals surface area contributed by atoms with Crippen LogP contribution in [-0.4, -0.2) is 46.5 Å². The van der Waals surface area contributed by atoms with Gasteiger partial charge in [-0.15, -0.1) is 0 Å². The lowest BCUT2D eigenvalue weighted by atomic mass is 10.1. The van der Waals surface area contributed by atoms with Gasteiger partial charge in [-0.05, 0) is 44.5 Å². The van der Waals surface area contributed by atoms with E-state index in [1.807, 2.05) is 42.2 Å². The fraction of sp³-hybridized carbons (Fsp3) is 0.429. The van der Waals surface area contributed by atoms with Crippen molar-refractivity contribution >= 4 is 5.91 Å². The summed E-state index contributed by atoms with van der Waals surface area (Å²) in [6.45, 7) is 11.2. The van der Waals surface area contributed by atoms with Crippen molar-refractivity contribution in [2.75, 3.05) is 26.2 Å². The number of hydrogen-bond acceptors (Lipinski definition) is 3. The molecule has 1 saturated heterocycles. The van der Waals surface area contributed by atoms with Gasteiger partial charge in [0.25, 0.3) is 5.91 Å². The Hall–Kier alpha value is -2.58. The first-order chi connectivity index (χ1) is 12.5. The number of benzene rings is 1. The molecule has 1 aromatic heterocycles. The minimum Gasteiger partial charge on any atom is -0.349 e. The van der Waals surface area contributed by atoms with Crippen LogP contribution in [0.3, 0.4) is 0 Å². The van der Waals surface area contributed by atoms with Gasteiger partial charge in [0.1, 0.15) is 0 Å². The third kappa shape index (κ3) is 3.66. The molecule has 3 rings (SSSR count). The standard InChI is InChI=1S/C21H26N4O/c1-4-25-16(2)13-20(17(25)3)21(26)24-11-9-23(10-12-24)15-19-7-5-18(14-22)6-8-19/h5-8,13H,4,9-12,15H2,1-3H3. The van der Waals surface area contributed by atoms with Gasteiger partial charge < -0.3 is 9.47 Å². The monoisotopic (exact) mass is 350 g/mol. The molecule has 1 fully saturated rings. The van der Waals surface area contributed by atoms with Crippen molar-refractivity contribution in [2.24, 2.45) is 0 Å². The SMILES string of the molecule is CCn1c(C)cc(C(=O)N2CCN(Cc3ccc(C#N)cc3)CC2)c1C. The zero-order valence-corrected chi connectivity index (χ0v) is 15.8. The van der Waals surface area contributed by atoms with Crippen molar-refractivity contribution < 1.29 is 4.79 Å². The Bertz CT molecular complexity index is 821. The molecule has 136 valence electrons. The van der Waals surface area contributed by atoms with Gasteiger partial charge in [-0.25, -0.2) is 0 Å². The van der Waals surface area contributed by atoms with E-state index in [9.17, 15) is 4.79 Å². The van der Waals surface area contributed by atoms with E-state index >= 15 is 0 Å².